The maximum Gasteiger partial charge on any atom is 0.411 e. The van der Waals surface area contributed by atoms with E-state index in [1.54, 1.807) is 58.4 Å². The lowest BCUT2D eigenvalue weighted by molar-refractivity contribution is -0.337. The minimum Gasteiger partial charge on any atom is -0.492 e. The Hall–Kier alpha value is -6.99. The van der Waals surface area contributed by atoms with Crippen molar-refractivity contribution in [2.45, 2.75) is 259 Å². The highest BCUT2D eigenvalue weighted by atomic mass is 127. The Morgan fingerprint density at radius 1 is 0.671 bits per heavy atom. The third-order valence-corrected chi connectivity index (χ3v) is 29.0. The van der Waals surface area contributed by atoms with Gasteiger partial charge in [-0.25, -0.2) is 9.59 Å². The number of nitrogens with one attached hydrogen (secondary N) is 8. The van der Waals surface area contributed by atoms with Crippen molar-refractivity contribution in [3.05, 3.63) is 49.8 Å². The van der Waals surface area contributed by atoms with Crippen molar-refractivity contribution < 1.29 is 164 Å². The molecule has 7 rings (SSSR count). The summed E-state index contributed by atoms with van der Waals surface area (Å²) in [6.07, 6.45) is -13.6. The molecule has 8 amide bonds. The number of thioether (sulfide) groups is 1. The molecule has 143 heavy (non-hydrogen) atoms. The molecule has 4 aliphatic heterocycles. The second-order valence-electron chi connectivity index (χ2n) is 34.6. The van der Waals surface area contributed by atoms with Crippen molar-refractivity contribution in [2.75, 3.05) is 180 Å². The molecule has 2 bridgehead atoms. The van der Waals surface area contributed by atoms with Crippen LogP contribution < -0.4 is 68.4 Å². The molecule has 49 heteroatoms. The van der Waals surface area contributed by atoms with Gasteiger partial charge in [-0.2, -0.15) is 5.48 Å². The molecule has 0 spiro atoms. The Labute approximate surface area is 861 Å². The number of Topliss-reactive ketones (excluding diaryl/α,β-unsaturated/α-hetero) is 1. The Kier molecular flexibility index (Phi) is 56.0. The number of likely N-dealkylation sites (N-methyl/N-ethyl adjacent to an activating group) is 1. The van der Waals surface area contributed by atoms with E-state index in [2.05, 4.69) is 66.4 Å². The number of aliphatic hydroxyl groups excluding tert-OH is 4. The zero-order valence-corrected chi connectivity index (χ0v) is 88.6. The molecule has 45 nitrogen and oxygen atoms in total. The molecule has 6 aliphatic rings. The molecule has 2 aliphatic carbocycles. The molecule has 0 unspecified atom stereocenters. The number of carbonyl (C=O) groups excluding carboxylic acids is 9. The molecule has 4 saturated heterocycles. The summed E-state index contributed by atoms with van der Waals surface area (Å²) in [5, 5.41) is 76.8. The zero-order chi connectivity index (χ0) is 105. The number of primary amides is 1. The van der Waals surface area contributed by atoms with Crippen molar-refractivity contribution in [3.63, 3.8) is 0 Å². The second kappa shape index (κ2) is 65.1. The van der Waals surface area contributed by atoms with E-state index in [0.29, 0.717) is 101 Å². The predicted molar refractivity (Wildman–Crippen MR) is 533 cm³/mol. The molecule has 17 N–H and O–H groups in total. The predicted octanol–water partition coefficient (Wildman–Crippen LogP) is 1.10. The van der Waals surface area contributed by atoms with E-state index in [4.69, 9.17) is 106 Å². The number of urea groups is 1. The van der Waals surface area contributed by atoms with E-state index in [9.17, 15) is 68.7 Å². The Balaban J connectivity index is 0.853. The molecule has 0 radical (unpaired) electrons. The van der Waals surface area contributed by atoms with Crippen LogP contribution in [0.25, 0.3) is 0 Å². The standard InChI is InChI=1S/C94H148IN11O34S3/c1-16-106(51-68(110)98-31-33-126-35-37-128-39-41-130-43-45-132-46-44-131-42-40-129-38-36-127-34-32-99-86(114)61(25-23-30-100-92(97)118)102-88(116)74(53(2)3)103-87(115)62(101-59(10)107)24-20-22-29-96)63-52-133-69(49-67(63)121-11)138-83-78(112)75(56(7)135-91(83)137-66-26-19-17-18-21-28-94(120)50-65(109)76(104-93(119)125-15)72(66)60(94)27-47-141-143-54(4)5)105-140-70-48-64(108)85(58(9)134-70)142-89(117)71-55(6)73(95)81(84(124-14)80(71)122-12)139-90-79(113)82(123-13)77(111)57(8)136-90/h17-18,27,53-54,56-58,61-64,66-67,69-70,74-75,77-79,82-83,85,90-91,105,108,111-113,120H,16,20,22-25,29-52,96H2,1-15H3,(H,98,110)(H,99,114)(H,101,107)(H,102,116)(H,103,115)(H,104,119)(H3,97,100,118)/b18-17?,60-27+/t56-,57+,58-,61+,62+,63+,64+,66+,67+,69+,70+,74+,75-,77+,78+,79-,82-,83-,85-,90+,91+,94+/m1/s1. The van der Waals surface area contributed by atoms with Crippen LogP contribution in [0.2, 0.25) is 0 Å². The van der Waals surface area contributed by atoms with Crippen LogP contribution in [0.1, 0.15) is 130 Å². The summed E-state index contributed by atoms with van der Waals surface area (Å²) >= 11 is 2.78. The highest BCUT2D eigenvalue weighted by molar-refractivity contribution is 14.1. The first-order valence-electron chi connectivity index (χ1n) is 47.9. The van der Waals surface area contributed by atoms with Crippen LogP contribution >= 0.6 is 55.9 Å². The first-order chi connectivity index (χ1) is 68.5. The van der Waals surface area contributed by atoms with Crippen LogP contribution in [0.3, 0.4) is 0 Å². The van der Waals surface area contributed by atoms with Crippen LogP contribution in [-0.2, 0) is 109 Å². The number of nitrogens with two attached hydrogens (primary N) is 2. The van der Waals surface area contributed by atoms with E-state index < -0.39 is 186 Å². The van der Waals surface area contributed by atoms with Crippen molar-refractivity contribution in [1.29, 1.82) is 0 Å². The van der Waals surface area contributed by atoms with Gasteiger partial charge in [0.25, 0.3) is 0 Å². The lowest BCUT2D eigenvalue weighted by Gasteiger charge is -2.47. The number of rotatable bonds is 63. The summed E-state index contributed by atoms with van der Waals surface area (Å²) in [5.41, 5.74) is 11.8. The summed E-state index contributed by atoms with van der Waals surface area (Å²) in [5.74, 6) is 8.46. The number of fused-ring (bicyclic) bond motifs is 2. The van der Waals surface area contributed by atoms with Crippen molar-refractivity contribution in [2.24, 2.45) is 17.4 Å². The topological polar surface area (TPSA) is 591 Å². The molecular formula is C94H148IN11O34S3. The third kappa shape index (κ3) is 39.1. The number of hydroxylamine groups is 1. The van der Waals surface area contributed by atoms with Crippen LogP contribution in [0, 0.1) is 40.1 Å². The maximum absolute atomic E-state index is 14.7. The van der Waals surface area contributed by atoms with Gasteiger partial charge in [0, 0.05) is 75.8 Å². The summed E-state index contributed by atoms with van der Waals surface area (Å²) < 4.78 is 113. The quantitative estimate of drug-likeness (QED) is 0.0143. The molecular weight excluding hydrogens is 2050 g/mol. The number of unbranched alkanes of at least 4 members (excludes halogenated alkanes) is 1. The van der Waals surface area contributed by atoms with Crippen molar-refractivity contribution in [3.8, 4) is 40.9 Å². The first kappa shape index (κ1) is 123. The molecule has 0 aromatic heterocycles. The number of aliphatic hydroxyl groups is 5. The largest absolute Gasteiger partial charge is 0.492 e. The van der Waals surface area contributed by atoms with Gasteiger partial charge < -0.3 is 159 Å². The van der Waals surface area contributed by atoms with Crippen LogP contribution in [0.15, 0.2) is 35.1 Å². The van der Waals surface area contributed by atoms with E-state index in [1.807, 2.05) is 48.3 Å². The zero-order valence-electron chi connectivity index (χ0n) is 84.0. The lowest BCUT2D eigenvalue weighted by Crippen LogP contribution is -2.65. The second-order valence-corrected chi connectivity index (χ2v) is 39.9. The number of hydrogen-bond donors (Lipinski definition) is 15. The number of allylic oxidation sites excluding steroid dienone is 3. The number of alkyl carbamates (subject to hydrolysis) is 1. The van der Waals surface area contributed by atoms with Gasteiger partial charge in [-0.1, -0.05) is 97.7 Å². The maximum atomic E-state index is 14.7. The fraction of sp³-hybridized carbons (Fsp3) is 0.734. The van der Waals surface area contributed by atoms with Gasteiger partial charge in [0.2, 0.25) is 46.7 Å². The molecule has 4 heterocycles. The van der Waals surface area contributed by atoms with E-state index in [1.165, 1.54) is 58.3 Å². The molecule has 22 atom stereocenters. The highest BCUT2D eigenvalue weighted by Crippen LogP contribution is 2.49. The smallest absolute Gasteiger partial charge is 0.411 e. The molecule has 4 fully saturated rings. The number of ketones is 1. The molecule has 1 aromatic rings. The monoisotopic (exact) mass is 2200 g/mol. The van der Waals surface area contributed by atoms with Crippen LogP contribution in [-0.4, -0.2) is 401 Å². The summed E-state index contributed by atoms with van der Waals surface area (Å²) in [6.45, 7) is 22.4. The van der Waals surface area contributed by atoms with E-state index in [-0.39, 0.29) is 154 Å². The number of carbonyl (C=O) groups is 9. The number of methoxy groups -OCH3 is 5. The van der Waals surface area contributed by atoms with Gasteiger partial charge in [0.1, 0.15) is 54.7 Å². The number of hydrogen-bond acceptors (Lipinski definition) is 40. The summed E-state index contributed by atoms with van der Waals surface area (Å²) in [6, 6.07) is -5.38. The van der Waals surface area contributed by atoms with Gasteiger partial charge in [0.05, 0.1) is 196 Å². The van der Waals surface area contributed by atoms with Crippen molar-refractivity contribution >= 4 is 108 Å². The van der Waals surface area contributed by atoms with Gasteiger partial charge >= 0.3 is 12.1 Å². The van der Waals surface area contributed by atoms with E-state index >= 15 is 0 Å². The molecule has 1 aromatic carbocycles. The number of nitrogens with zero attached hydrogens (tertiary/aromatic N) is 1. The van der Waals surface area contributed by atoms with Gasteiger partial charge in [0.15, 0.2) is 41.8 Å². The van der Waals surface area contributed by atoms with Crippen LogP contribution in [0.5, 0.6) is 17.2 Å². The Morgan fingerprint density at radius 2 is 1.28 bits per heavy atom. The average molecular weight is 2200 g/mol. The van der Waals surface area contributed by atoms with E-state index in [0.717, 1.165) is 18.9 Å². The fourth-order valence-electron chi connectivity index (χ4n) is 16.1. The van der Waals surface area contributed by atoms with Crippen LogP contribution in [0.4, 0.5) is 9.59 Å². The first-order valence-corrected chi connectivity index (χ1v) is 52.2. The summed E-state index contributed by atoms with van der Waals surface area (Å²) in [7, 11) is 9.70. The minimum atomic E-state index is -2.13. The highest BCUT2D eigenvalue weighted by Gasteiger charge is 2.53. The minimum absolute atomic E-state index is 0.00416. The number of ether oxygens (including phenoxy) is 19. The average Bonchev–Trinajstić information content (AvgIpc) is 0.744. The number of halogens is 1. The normalized spacial score (nSPS) is 26.3. The van der Waals surface area contributed by atoms with Crippen molar-refractivity contribution in [1.82, 2.24) is 47.6 Å². The Bertz CT molecular complexity index is 4410. The SMILES string of the molecule is CCN(CC(=O)NCCOCCOCCOCCOCCOCCOCCOCCNC(=O)[C@H](CCCNC(N)=O)NC(=O)[C@@H](NC(=O)[C@H](CCCCN)NC(C)=O)C(C)C)[C@H]1CO[C@@H](O[C@H]2[C@H](O[C@H]3C#CC=CC#C[C@]4(O)CC(=O)C(NC(=O)OC)=C3/C4=C\CSSC(C)C)O[C@H](C)[C@@H](NO[C@H]3C[C@H](O)[C@H](SC(=O)c4c(C)c(I)c(O[C@@H]5O[C@@H](C)[C@H](O)[C@@H](OC)[C@H]5O)c(OC)c4OC)[C@@H](C)O3)[C@@H]2O)C[C@@H]1OC. The van der Waals surface area contributed by atoms with Gasteiger partial charge in [-0.3, -0.25) is 48.6 Å². The summed E-state index contributed by atoms with van der Waals surface area (Å²) in [4.78, 5) is 127. The van der Waals surface area contributed by atoms with Gasteiger partial charge in [-0.15, -0.1) is 0 Å². The Morgan fingerprint density at radius 3 is 1.85 bits per heavy atom. The fourth-order valence-corrected chi connectivity index (χ4v) is 19.7. The molecule has 0 saturated carbocycles. The molecule has 808 valence electrons. The lowest BCUT2D eigenvalue weighted by atomic mass is 9.75. The van der Waals surface area contributed by atoms with Gasteiger partial charge in [-0.05, 0) is 119 Å². The number of benzene rings is 1. The number of amides is 8. The third-order valence-electron chi connectivity index (χ3n) is 23.5.